The van der Waals surface area contributed by atoms with Gasteiger partial charge in [0, 0.05) is 13.1 Å². The lowest BCUT2D eigenvalue weighted by molar-refractivity contribution is -0.152. The minimum atomic E-state index is -2.90. The third kappa shape index (κ3) is 9.74. The van der Waals surface area contributed by atoms with Crippen LogP contribution in [0.4, 0.5) is 8.78 Å². The zero-order chi connectivity index (χ0) is 20.4. The molecule has 7 nitrogen and oxygen atoms in total. The number of aliphatic hydroxyl groups is 1. The first-order valence-corrected chi connectivity index (χ1v) is 8.57. The Hall–Kier alpha value is -2.42. The van der Waals surface area contributed by atoms with E-state index in [0.29, 0.717) is 18.1 Å². The van der Waals surface area contributed by atoms with Crippen LogP contribution in [-0.4, -0.2) is 48.9 Å². The number of aliphatic hydroxyl groups excluding tert-OH is 1. The molecule has 152 valence electrons. The van der Waals surface area contributed by atoms with Crippen LogP contribution in [0.25, 0.3) is 0 Å². The Kier molecular flexibility index (Phi) is 8.93. The maximum absolute atomic E-state index is 12.1. The molecular formula is C18H27F2N3O4. The monoisotopic (exact) mass is 387 g/mol. The van der Waals surface area contributed by atoms with E-state index in [2.05, 4.69) is 20.4 Å². The van der Waals surface area contributed by atoms with Crippen molar-refractivity contribution in [1.29, 1.82) is 0 Å². The lowest BCUT2D eigenvalue weighted by Crippen LogP contribution is -2.40. The smallest absolute Gasteiger partial charge is 0.387 e. The van der Waals surface area contributed by atoms with Crippen LogP contribution < -0.4 is 15.4 Å². The van der Waals surface area contributed by atoms with Crippen molar-refractivity contribution in [2.45, 2.75) is 46.0 Å². The number of esters is 1. The van der Waals surface area contributed by atoms with Crippen LogP contribution in [0.2, 0.25) is 0 Å². The van der Waals surface area contributed by atoms with Gasteiger partial charge in [-0.3, -0.25) is 4.79 Å². The maximum Gasteiger partial charge on any atom is 0.387 e. The first-order chi connectivity index (χ1) is 12.6. The SMILES string of the molecule is CCNC(=NCC(=O)OC(C)(C)C)NCC(O)c1ccc(OC(F)F)cc1. The number of nitrogens with zero attached hydrogens (tertiary/aromatic N) is 1. The molecule has 1 unspecified atom stereocenters. The first kappa shape index (κ1) is 22.6. The van der Waals surface area contributed by atoms with Crippen molar-refractivity contribution in [3.05, 3.63) is 29.8 Å². The van der Waals surface area contributed by atoms with Gasteiger partial charge in [-0.1, -0.05) is 12.1 Å². The van der Waals surface area contributed by atoms with E-state index in [1.54, 1.807) is 20.8 Å². The van der Waals surface area contributed by atoms with E-state index < -0.39 is 24.3 Å². The number of rotatable bonds is 8. The molecule has 0 saturated heterocycles. The number of carbonyl (C=O) groups excluding carboxylic acids is 1. The summed E-state index contributed by atoms with van der Waals surface area (Å²) in [6, 6.07) is 5.70. The highest BCUT2D eigenvalue weighted by molar-refractivity contribution is 5.83. The molecule has 0 spiro atoms. The topological polar surface area (TPSA) is 92.2 Å². The number of nitrogens with one attached hydrogen (secondary N) is 2. The minimum Gasteiger partial charge on any atom is -0.459 e. The number of benzene rings is 1. The molecular weight excluding hydrogens is 360 g/mol. The number of alkyl halides is 2. The molecule has 1 rings (SSSR count). The second-order valence-electron chi connectivity index (χ2n) is 6.63. The maximum atomic E-state index is 12.1. The second-order valence-corrected chi connectivity index (χ2v) is 6.63. The minimum absolute atomic E-state index is 0.0150. The van der Waals surface area contributed by atoms with Crippen LogP contribution in [0.5, 0.6) is 5.75 Å². The Labute approximate surface area is 157 Å². The van der Waals surface area contributed by atoms with Gasteiger partial charge in [-0.15, -0.1) is 0 Å². The summed E-state index contributed by atoms with van der Waals surface area (Å²) in [5.41, 5.74) is -0.0681. The van der Waals surface area contributed by atoms with E-state index in [0.717, 1.165) is 0 Å². The fraction of sp³-hybridized carbons (Fsp3) is 0.556. The van der Waals surface area contributed by atoms with Gasteiger partial charge in [-0.25, -0.2) is 4.99 Å². The average Bonchev–Trinajstić information content (AvgIpc) is 2.55. The normalized spacial score (nSPS) is 13.3. The Morgan fingerprint density at radius 2 is 1.85 bits per heavy atom. The predicted octanol–water partition coefficient (Wildman–Crippen LogP) is 2.22. The number of carbonyl (C=O) groups is 1. The summed E-state index contributed by atoms with van der Waals surface area (Å²) in [5.74, 6) is -0.101. The number of aliphatic imine (C=N–C) groups is 1. The van der Waals surface area contributed by atoms with Crippen LogP contribution in [0, 0.1) is 0 Å². The van der Waals surface area contributed by atoms with E-state index in [9.17, 15) is 18.7 Å². The van der Waals surface area contributed by atoms with Gasteiger partial charge in [0.2, 0.25) is 0 Å². The van der Waals surface area contributed by atoms with Gasteiger partial charge in [0.25, 0.3) is 0 Å². The molecule has 1 atom stereocenters. The molecule has 1 aromatic carbocycles. The van der Waals surface area contributed by atoms with Crippen molar-refractivity contribution in [2.75, 3.05) is 19.6 Å². The Morgan fingerprint density at radius 3 is 2.37 bits per heavy atom. The number of ether oxygens (including phenoxy) is 2. The van der Waals surface area contributed by atoms with Crippen molar-refractivity contribution in [2.24, 2.45) is 4.99 Å². The number of halogens is 2. The van der Waals surface area contributed by atoms with Crippen molar-refractivity contribution < 1.29 is 28.2 Å². The first-order valence-electron chi connectivity index (χ1n) is 8.57. The molecule has 0 aliphatic heterocycles. The third-order valence-corrected chi connectivity index (χ3v) is 3.08. The van der Waals surface area contributed by atoms with Gasteiger partial charge in [-0.05, 0) is 45.4 Å². The Balaban J connectivity index is 2.59. The van der Waals surface area contributed by atoms with Crippen LogP contribution >= 0.6 is 0 Å². The van der Waals surface area contributed by atoms with Gasteiger partial charge in [-0.2, -0.15) is 8.78 Å². The lowest BCUT2D eigenvalue weighted by Gasteiger charge is -2.19. The molecule has 3 N–H and O–H groups in total. The molecule has 1 aromatic rings. The van der Waals surface area contributed by atoms with Crippen molar-refractivity contribution in [3.63, 3.8) is 0 Å². The van der Waals surface area contributed by atoms with Crippen LogP contribution in [0.15, 0.2) is 29.3 Å². The quantitative estimate of drug-likeness (QED) is 0.360. The molecule has 27 heavy (non-hydrogen) atoms. The summed E-state index contributed by atoms with van der Waals surface area (Å²) in [6.45, 7) is 4.78. The molecule has 0 aromatic heterocycles. The van der Waals surface area contributed by atoms with E-state index >= 15 is 0 Å². The van der Waals surface area contributed by atoms with Gasteiger partial charge in [0.15, 0.2) is 5.96 Å². The number of hydrogen-bond acceptors (Lipinski definition) is 5. The summed E-state index contributed by atoms with van der Waals surface area (Å²) >= 11 is 0. The van der Waals surface area contributed by atoms with E-state index in [1.807, 2.05) is 6.92 Å². The molecule has 0 amide bonds. The largest absolute Gasteiger partial charge is 0.459 e. The molecule has 0 aliphatic rings. The van der Waals surface area contributed by atoms with Gasteiger partial charge >= 0.3 is 12.6 Å². The van der Waals surface area contributed by atoms with E-state index in [1.165, 1.54) is 24.3 Å². The summed E-state index contributed by atoms with van der Waals surface area (Å²) in [6.07, 6.45) is -0.906. The van der Waals surface area contributed by atoms with E-state index in [-0.39, 0.29) is 18.8 Å². The summed E-state index contributed by atoms with van der Waals surface area (Å²) in [7, 11) is 0. The molecule has 0 heterocycles. The Morgan fingerprint density at radius 1 is 1.22 bits per heavy atom. The van der Waals surface area contributed by atoms with Crippen molar-refractivity contribution >= 4 is 11.9 Å². The fourth-order valence-electron chi connectivity index (χ4n) is 2.04. The van der Waals surface area contributed by atoms with Crippen LogP contribution in [-0.2, 0) is 9.53 Å². The lowest BCUT2D eigenvalue weighted by atomic mass is 10.1. The zero-order valence-corrected chi connectivity index (χ0v) is 16.0. The van der Waals surface area contributed by atoms with Crippen LogP contribution in [0.1, 0.15) is 39.4 Å². The molecule has 0 saturated carbocycles. The molecule has 9 heteroatoms. The molecule has 0 bridgehead atoms. The highest BCUT2D eigenvalue weighted by Crippen LogP contribution is 2.19. The highest BCUT2D eigenvalue weighted by Gasteiger charge is 2.16. The molecule has 0 radical (unpaired) electrons. The van der Waals surface area contributed by atoms with Crippen molar-refractivity contribution in [3.8, 4) is 5.75 Å². The molecule has 0 fully saturated rings. The second kappa shape index (κ2) is 10.7. The zero-order valence-electron chi connectivity index (χ0n) is 16.0. The van der Waals surface area contributed by atoms with Crippen LogP contribution in [0.3, 0.4) is 0 Å². The van der Waals surface area contributed by atoms with Gasteiger partial charge in [0.05, 0.1) is 6.10 Å². The highest BCUT2D eigenvalue weighted by atomic mass is 19.3. The van der Waals surface area contributed by atoms with Gasteiger partial charge < -0.3 is 25.2 Å². The Bertz CT molecular complexity index is 616. The summed E-state index contributed by atoms with van der Waals surface area (Å²) in [4.78, 5) is 15.9. The fourth-order valence-corrected chi connectivity index (χ4v) is 2.04. The summed E-state index contributed by atoms with van der Waals surface area (Å²) in [5, 5.41) is 16.1. The van der Waals surface area contributed by atoms with E-state index in [4.69, 9.17) is 4.74 Å². The van der Waals surface area contributed by atoms with Crippen molar-refractivity contribution in [1.82, 2.24) is 10.6 Å². The third-order valence-electron chi connectivity index (χ3n) is 3.08. The standard InChI is InChI=1S/C18H27F2N3O4/c1-5-21-17(23-11-15(25)27-18(2,3)4)22-10-14(24)12-6-8-13(9-7-12)26-16(19)20/h6-9,14,16,24H,5,10-11H2,1-4H3,(H2,21,22,23). The van der Waals surface area contributed by atoms with Gasteiger partial charge in [0.1, 0.15) is 17.9 Å². The predicted molar refractivity (Wildman–Crippen MR) is 97.9 cm³/mol. The number of guanidine groups is 1. The molecule has 0 aliphatic carbocycles. The summed E-state index contributed by atoms with van der Waals surface area (Å²) < 4.78 is 33.7. The average molecular weight is 387 g/mol. The number of hydrogen-bond donors (Lipinski definition) is 3.